The summed E-state index contributed by atoms with van der Waals surface area (Å²) < 4.78 is 0. The first-order valence-corrected chi connectivity index (χ1v) is 12.1. The third-order valence-electron chi connectivity index (χ3n) is 6.79. The third kappa shape index (κ3) is 4.63. The molecule has 0 spiro atoms. The Labute approximate surface area is 208 Å². The van der Waals surface area contributed by atoms with E-state index in [0.29, 0.717) is 29.7 Å². The summed E-state index contributed by atoms with van der Waals surface area (Å²) in [5.41, 5.74) is 5.54. The number of carbonyl (C=O) groups is 1. The molecule has 36 heavy (non-hydrogen) atoms. The van der Waals surface area contributed by atoms with Crippen LogP contribution in [0.2, 0.25) is 0 Å². The molecular weight excluding hydrogens is 450 g/mol. The second-order valence-corrected chi connectivity index (χ2v) is 9.48. The number of hydrogen-bond acceptors (Lipinski definition) is 6. The number of H-pyrrole nitrogens is 2. The van der Waals surface area contributed by atoms with E-state index in [1.54, 1.807) is 12.4 Å². The van der Waals surface area contributed by atoms with E-state index in [1.807, 2.05) is 60.8 Å². The third-order valence-corrected chi connectivity index (χ3v) is 6.79. The number of aromatic nitrogens is 5. The molecule has 0 saturated carbocycles. The maximum Gasteiger partial charge on any atom is 0.179 e. The number of carbonyl (C=O) groups excluding carboxylic acids is 1. The normalized spacial score (nSPS) is 16.0. The number of ketones is 1. The van der Waals surface area contributed by atoms with Gasteiger partial charge in [0.05, 0.1) is 11.9 Å². The van der Waals surface area contributed by atoms with Crippen molar-refractivity contribution in [2.75, 3.05) is 25.5 Å². The van der Waals surface area contributed by atoms with Crippen LogP contribution in [0.5, 0.6) is 0 Å². The van der Waals surface area contributed by atoms with Crippen LogP contribution in [0.3, 0.4) is 0 Å². The highest BCUT2D eigenvalue weighted by atomic mass is 16.1. The average molecular weight is 478 g/mol. The maximum atomic E-state index is 12.9. The van der Waals surface area contributed by atoms with Crippen molar-refractivity contribution < 1.29 is 4.79 Å². The molecule has 1 aliphatic rings. The van der Waals surface area contributed by atoms with Gasteiger partial charge in [0.25, 0.3) is 0 Å². The van der Waals surface area contributed by atoms with Gasteiger partial charge in [0.15, 0.2) is 11.6 Å². The topological polar surface area (TPSA) is 103 Å². The molecule has 1 unspecified atom stereocenters. The molecule has 3 N–H and O–H groups in total. The summed E-state index contributed by atoms with van der Waals surface area (Å²) in [6, 6.07) is 17.9. The summed E-state index contributed by atoms with van der Waals surface area (Å²) in [6.07, 6.45) is 7.09. The Balaban J connectivity index is 1.18. The lowest BCUT2D eigenvalue weighted by atomic mass is 10.0. The summed E-state index contributed by atoms with van der Waals surface area (Å²) in [7, 11) is 2.11. The predicted molar refractivity (Wildman–Crippen MR) is 141 cm³/mol. The van der Waals surface area contributed by atoms with Crippen molar-refractivity contribution in [3.63, 3.8) is 0 Å². The van der Waals surface area contributed by atoms with Gasteiger partial charge in [-0.3, -0.25) is 9.89 Å². The standard InChI is InChI=1S/C28H27N7O/c1-35-11-9-18(17-35)12-26(36)25-13-20-2-3-21(14-24(20)33-25)28-29-10-8-27(34-28)32-23-6-4-19(5-7-23)22-15-30-31-16-22/h2-8,10,13-16,18,33H,9,11-12,17H2,1H3,(H,30,31)(H,29,32,34). The molecule has 1 aliphatic heterocycles. The van der Waals surface area contributed by atoms with Crippen LogP contribution in [0.1, 0.15) is 23.3 Å². The van der Waals surface area contributed by atoms with Crippen molar-refractivity contribution in [3.05, 3.63) is 78.9 Å². The number of hydrogen-bond donors (Lipinski definition) is 3. The SMILES string of the molecule is CN1CCC(CC(=O)c2cc3ccc(-c4nccc(Nc5ccc(-c6cn[nH]c6)cc5)n4)cc3[nH]2)C1. The Kier molecular flexibility index (Phi) is 5.79. The van der Waals surface area contributed by atoms with E-state index < -0.39 is 0 Å². The Hall–Kier alpha value is -4.30. The minimum Gasteiger partial charge on any atom is -0.352 e. The second-order valence-electron chi connectivity index (χ2n) is 9.48. The number of likely N-dealkylation sites (tertiary alicyclic amines) is 1. The van der Waals surface area contributed by atoms with Crippen molar-refractivity contribution in [3.8, 4) is 22.5 Å². The molecule has 0 aliphatic carbocycles. The minimum absolute atomic E-state index is 0.175. The highest BCUT2D eigenvalue weighted by Crippen LogP contribution is 2.27. The zero-order chi connectivity index (χ0) is 24.5. The molecule has 8 heteroatoms. The molecule has 2 aromatic carbocycles. The molecular formula is C28H27N7O. The highest BCUT2D eigenvalue weighted by molar-refractivity contribution is 6.00. The molecule has 3 aromatic heterocycles. The van der Waals surface area contributed by atoms with Crippen molar-refractivity contribution >= 4 is 28.2 Å². The summed E-state index contributed by atoms with van der Waals surface area (Å²) in [5, 5.41) is 11.2. The Morgan fingerprint density at radius 3 is 2.72 bits per heavy atom. The molecule has 1 atom stereocenters. The fourth-order valence-electron chi connectivity index (χ4n) is 4.85. The van der Waals surface area contributed by atoms with Gasteiger partial charge < -0.3 is 15.2 Å². The van der Waals surface area contributed by atoms with Crippen LogP contribution in [-0.4, -0.2) is 56.0 Å². The molecule has 4 heterocycles. The second kappa shape index (κ2) is 9.39. The molecule has 5 aromatic rings. The van der Waals surface area contributed by atoms with Crippen LogP contribution >= 0.6 is 0 Å². The van der Waals surface area contributed by atoms with Gasteiger partial charge in [-0.25, -0.2) is 9.97 Å². The Morgan fingerprint density at radius 2 is 1.94 bits per heavy atom. The molecule has 180 valence electrons. The van der Waals surface area contributed by atoms with Crippen LogP contribution in [0.25, 0.3) is 33.4 Å². The first-order chi connectivity index (χ1) is 17.6. The lowest BCUT2D eigenvalue weighted by molar-refractivity contribution is 0.0958. The van der Waals surface area contributed by atoms with Crippen molar-refractivity contribution in [1.29, 1.82) is 0 Å². The summed E-state index contributed by atoms with van der Waals surface area (Å²) >= 11 is 0. The van der Waals surface area contributed by atoms with Crippen molar-refractivity contribution in [1.82, 2.24) is 30.0 Å². The van der Waals surface area contributed by atoms with E-state index in [2.05, 4.69) is 37.4 Å². The van der Waals surface area contributed by atoms with Crippen LogP contribution in [-0.2, 0) is 0 Å². The molecule has 0 amide bonds. The number of nitrogens with zero attached hydrogens (tertiary/aromatic N) is 4. The first kappa shape index (κ1) is 22.2. The fraction of sp³-hybridized carbons (Fsp3) is 0.214. The van der Waals surface area contributed by atoms with Gasteiger partial charge in [-0.05, 0) is 61.8 Å². The average Bonchev–Trinajstić information content (AvgIpc) is 3.65. The van der Waals surface area contributed by atoms with Gasteiger partial charge in [-0.2, -0.15) is 5.10 Å². The van der Waals surface area contributed by atoms with E-state index in [-0.39, 0.29) is 5.78 Å². The summed E-state index contributed by atoms with van der Waals surface area (Å²) in [4.78, 5) is 27.6. The number of benzene rings is 2. The summed E-state index contributed by atoms with van der Waals surface area (Å²) in [5.74, 6) is 1.94. The highest BCUT2D eigenvalue weighted by Gasteiger charge is 2.23. The Bertz CT molecular complexity index is 1510. The number of fused-ring (bicyclic) bond motifs is 1. The number of rotatable bonds is 7. The molecule has 0 radical (unpaired) electrons. The first-order valence-electron chi connectivity index (χ1n) is 12.1. The fourth-order valence-corrected chi connectivity index (χ4v) is 4.85. The predicted octanol–water partition coefficient (Wildman–Crippen LogP) is 5.28. The van der Waals surface area contributed by atoms with Crippen LogP contribution < -0.4 is 5.32 Å². The van der Waals surface area contributed by atoms with Gasteiger partial charge in [-0.1, -0.05) is 24.3 Å². The van der Waals surface area contributed by atoms with Gasteiger partial charge in [0.2, 0.25) is 0 Å². The maximum absolute atomic E-state index is 12.9. The van der Waals surface area contributed by atoms with E-state index >= 15 is 0 Å². The van der Waals surface area contributed by atoms with Crippen LogP contribution in [0.4, 0.5) is 11.5 Å². The zero-order valence-corrected chi connectivity index (χ0v) is 20.0. The lowest BCUT2D eigenvalue weighted by Gasteiger charge is -2.08. The van der Waals surface area contributed by atoms with E-state index in [4.69, 9.17) is 4.98 Å². The van der Waals surface area contributed by atoms with E-state index in [9.17, 15) is 4.79 Å². The van der Waals surface area contributed by atoms with Gasteiger partial charge in [0, 0.05) is 53.1 Å². The van der Waals surface area contributed by atoms with E-state index in [0.717, 1.165) is 52.8 Å². The molecule has 1 fully saturated rings. The summed E-state index contributed by atoms with van der Waals surface area (Å²) in [6.45, 7) is 2.06. The van der Waals surface area contributed by atoms with Crippen molar-refractivity contribution in [2.45, 2.75) is 12.8 Å². The van der Waals surface area contributed by atoms with Crippen LogP contribution in [0, 0.1) is 5.92 Å². The van der Waals surface area contributed by atoms with Crippen LogP contribution in [0.15, 0.2) is 73.2 Å². The van der Waals surface area contributed by atoms with E-state index in [1.165, 1.54) is 0 Å². The molecule has 8 nitrogen and oxygen atoms in total. The largest absolute Gasteiger partial charge is 0.352 e. The Morgan fingerprint density at radius 1 is 1.08 bits per heavy atom. The number of aromatic amines is 2. The van der Waals surface area contributed by atoms with Gasteiger partial charge >= 0.3 is 0 Å². The lowest BCUT2D eigenvalue weighted by Crippen LogP contribution is -2.16. The molecule has 0 bridgehead atoms. The van der Waals surface area contributed by atoms with Crippen molar-refractivity contribution in [2.24, 2.45) is 5.92 Å². The minimum atomic E-state index is 0.175. The van der Waals surface area contributed by atoms with Gasteiger partial charge in [-0.15, -0.1) is 0 Å². The van der Waals surface area contributed by atoms with Gasteiger partial charge in [0.1, 0.15) is 5.82 Å². The monoisotopic (exact) mass is 477 g/mol. The number of nitrogens with one attached hydrogen (secondary N) is 3. The number of Topliss-reactive ketones (excluding diaryl/α,β-unsaturated/α-hetero) is 1. The smallest absolute Gasteiger partial charge is 0.179 e. The molecule has 1 saturated heterocycles. The quantitative estimate of drug-likeness (QED) is 0.276. The molecule has 6 rings (SSSR count). The number of anilines is 2. The zero-order valence-electron chi connectivity index (χ0n) is 20.0.